The zero-order valence-electron chi connectivity index (χ0n) is 7.66. The summed E-state index contributed by atoms with van der Waals surface area (Å²) in [5, 5.41) is 2.15. The zero-order chi connectivity index (χ0) is 9.42. The standard InChI is InChI=1S/C10H14BrNS/c1-2-6-7(5-9(6)12)10-8(11)3-4-13-10/h3-4,6-7,9H,2,5,12H2,1H3. The van der Waals surface area contributed by atoms with Gasteiger partial charge in [0.25, 0.3) is 0 Å². The normalized spacial score (nSPS) is 33.0. The van der Waals surface area contributed by atoms with E-state index in [1.807, 2.05) is 11.3 Å². The Balaban J connectivity index is 2.15. The molecule has 0 amide bonds. The fraction of sp³-hybridized carbons (Fsp3) is 0.600. The first-order chi connectivity index (χ1) is 6.24. The van der Waals surface area contributed by atoms with Crippen molar-refractivity contribution in [1.29, 1.82) is 0 Å². The van der Waals surface area contributed by atoms with Gasteiger partial charge in [0.15, 0.2) is 0 Å². The summed E-state index contributed by atoms with van der Waals surface area (Å²) < 4.78 is 1.27. The molecule has 1 nitrogen and oxygen atoms in total. The number of rotatable bonds is 2. The van der Waals surface area contributed by atoms with Gasteiger partial charge >= 0.3 is 0 Å². The Kier molecular flexibility index (Phi) is 2.77. The smallest absolute Gasteiger partial charge is 0.0317 e. The summed E-state index contributed by atoms with van der Waals surface area (Å²) in [5.74, 6) is 1.42. The largest absolute Gasteiger partial charge is 0.327 e. The average Bonchev–Trinajstić information content (AvgIpc) is 2.48. The lowest BCUT2D eigenvalue weighted by Crippen LogP contribution is -2.45. The second-order valence-electron chi connectivity index (χ2n) is 3.71. The van der Waals surface area contributed by atoms with Crippen molar-refractivity contribution < 1.29 is 0 Å². The lowest BCUT2D eigenvalue weighted by atomic mass is 9.68. The number of thiophene rings is 1. The molecule has 0 bridgehead atoms. The molecule has 1 aromatic rings. The molecule has 13 heavy (non-hydrogen) atoms. The summed E-state index contributed by atoms with van der Waals surface area (Å²) in [6, 6.07) is 2.57. The molecule has 3 unspecified atom stereocenters. The summed E-state index contributed by atoms with van der Waals surface area (Å²) in [6.07, 6.45) is 2.37. The Morgan fingerprint density at radius 1 is 1.69 bits per heavy atom. The molecule has 0 radical (unpaired) electrons. The molecule has 0 aliphatic heterocycles. The minimum Gasteiger partial charge on any atom is -0.327 e. The minimum absolute atomic E-state index is 0.434. The summed E-state index contributed by atoms with van der Waals surface area (Å²) in [7, 11) is 0. The van der Waals surface area contributed by atoms with E-state index < -0.39 is 0 Å². The van der Waals surface area contributed by atoms with Gasteiger partial charge in [0.1, 0.15) is 0 Å². The molecule has 1 aromatic heterocycles. The molecule has 2 N–H and O–H groups in total. The quantitative estimate of drug-likeness (QED) is 0.867. The van der Waals surface area contributed by atoms with Crippen LogP contribution < -0.4 is 5.73 Å². The van der Waals surface area contributed by atoms with Gasteiger partial charge in [-0.3, -0.25) is 0 Å². The van der Waals surface area contributed by atoms with Crippen molar-refractivity contribution in [2.45, 2.75) is 31.7 Å². The molecule has 2 rings (SSSR count). The van der Waals surface area contributed by atoms with E-state index in [0.29, 0.717) is 12.0 Å². The topological polar surface area (TPSA) is 26.0 Å². The molecule has 1 aliphatic rings. The van der Waals surface area contributed by atoms with Crippen molar-refractivity contribution in [2.75, 3.05) is 0 Å². The Morgan fingerprint density at radius 2 is 2.46 bits per heavy atom. The summed E-state index contributed by atoms with van der Waals surface area (Å²) in [4.78, 5) is 1.49. The van der Waals surface area contributed by atoms with Gasteiger partial charge in [-0.25, -0.2) is 0 Å². The van der Waals surface area contributed by atoms with E-state index in [-0.39, 0.29) is 0 Å². The molecular formula is C10H14BrNS. The van der Waals surface area contributed by atoms with Gasteiger partial charge in [0.05, 0.1) is 0 Å². The molecule has 1 heterocycles. The highest BCUT2D eigenvalue weighted by atomic mass is 79.9. The summed E-state index contributed by atoms with van der Waals surface area (Å²) >= 11 is 5.44. The molecule has 3 heteroatoms. The van der Waals surface area contributed by atoms with Crippen LogP contribution in [-0.2, 0) is 0 Å². The van der Waals surface area contributed by atoms with Gasteiger partial charge in [-0.05, 0) is 39.7 Å². The van der Waals surface area contributed by atoms with E-state index in [1.165, 1.54) is 15.8 Å². The molecule has 1 aliphatic carbocycles. The molecule has 0 aromatic carbocycles. The number of hydrogen-bond acceptors (Lipinski definition) is 2. The maximum absolute atomic E-state index is 5.97. The van der Waals surface area contributed by atoms with Crippen LogP contribution in [0.1, 0.15) is 30.6 Å². The number of nitrogens with two attached hydrogens (primary N) is 1. The van der Waals surface area contributed by atoms with Crippen LogP contribution in [0.2, 0.25) is 0 Å². The fourth-order valence-corrected chi connectivity index (χ4v) is 4.06. The summed E-state index contributed by atoms with van der Waals surface area (Å²) in [6.45, 7) is 2.23. The SMILES string of the molecule is CCC1C(N)CC1c1sccc1Br. The van der Waals surface area contributed by atoms with Crippen LogP contribution in [0.25, 0.3) is 0 Å². The average molecular weight is 260 g/mol. The van der Waals surface area contributed by atoms with Crippen LogP contribution in [0, 0.1) is 5.92 Å². The van der Waals surface area contributed by atoms with Gasteiger partial charge in [0.2, 0.25) is 0 Å². The predicted octanol–water partition coefficient (Wildman–Crippen LogP) is 3.35. The Hall–Kier alpha value is 0.140. The third-order valence-corrected chi connectivity index (χ3v) is 5.05. The van der Waals surface area contributed by atoms with E-state index in [9.17, 15) is 0 Å². The highest BCUT2D eigenvalue weighted by molar-refractivity contribution is 9.10. The van der Waals surface area contributed by atoms with Crippen molar-refractivity contribution in [1.82, 2.24) is 0 Å². The highest BCUT2D eigenvalue weighted by Crippen LogP contribution is 2.47. The van der Waals surface area contributed by atoms with Crippen molar-refractivity contribution in [3.05, 3.63) is 20.8 Å². The van der Waals surface area contributed by atoms with Crippen molar-refractivity contribution in [3.63, 3.8) is 0 Å². The van der Waals surface area contributed by atoms with E-state index in [0.717, 1.165) is 12.3 Å². The number of halogens is 1. The maximum atomic E-state index is 5.97. The molecular weight excluding hydrogens is 246 g/mol. The van der Waals surface area contributed by atoms with Crippen LogP contribution >= 0.6 is 27.3 Å². The van der Waals surface area contributed by atoms with E-state index in [1.54, 1.807) is 0 Å². The molecule has 3 atom stereocenters. The minimum atomic E-state index is 0.434. The van der Waals surface area contributed by atoms with Crippen LogP contribution in [-0.4, -0.2) is 6.04 Å². The van der Waals surface area contributed by atoms with E-state index >= 15 is 0 Å². The second-order valence-corrected chi connectivity index (χ2v) is 5.51. The second kappa shape index (κ2) is 3.71. The Morgan fingerprint density at radius 3 is 2.92 bits per heavy atom. The predicted molar refractivity (Wildman–Crippen MR) is 61.1 cm³/mol. The first kappa shape index (κ1) is 9.69. The summed E-state index contributed by atoms with van der Waals surface area (Å²) in [5.41, 5.74) is 5.97. The van der Waals surface area contributed by atoms with Gasteiger partial charge in [-0.2, -0.15) is 0 Å². The monoisotopic (exact) mass is 259 g/mol. The highest BCUT2D eigenvalue weighted by Gasteiger charge is 2.39. The molecule has 1 fully saturated rings. The van der Waals surface area contributed by atoms with Gasteiger partial charge < -0.3 is 5.73 Å². The van der Waals surface area contributed by atoms with E-state index in [4.69, 9.17) is 5.73 Å². The lowest BCUT2D eigenvalue weighted by molar-refractivity contribution is 0.201. The molecule has 72 valence electrons. The van der Waals surface area contributed by atoms with Crippen LogP contribution in [0.3, 0.4) is 0 Å². The zero-order valence-corrected chi connectivity index (χ0v) is 10.1. The molecule has 1 saturated carbocycles. The van der Waals surface area contributed by atoms with Crippen molar-refractivity contribution in [3.8, 4) is 0 Å². The lowest BCUT2D eigenvalue weighted by Gasteiger charge is -2.42. The Bertz CT molecular complexity index is 297. The van der Waals surface area contributed by atoms with Gasteiger partial charge in [-0.15, -0.1) is 11.3 Å². The number of hydrogen-bond donors (Lipinski definition) is 1. The third kappa shape index (κ3) is 1.58. The van der Waals surface area contributed by atoms with Crippen LogP contribution in [0.4, 0.5) is 0 Å². The maximum Gasteiger partial charge on any atom is 0.0317 e. The first-order valence-electron chi connectivity index (χ1n) is 4.72. The van der Waals surface area contributed by atoms with Gasteiger partial charge in [0, 0.05) is 21.3 Å². The molecule has 0 saturated heterocycles. The van der Waals surface area contributed by atoms with Gasteiger partial charge in [-0.1, -0.05) is 13.3 Å². The Labute approximate surface area is 91.5 Å². The van der Waals surface area contributed by atoms with Crippen LogP contribution in [0.15, 0.2) is 15.9 Å². The van der Waals surface area contributed by atoms with Crippen molar-refractivity contribution in [2.24, 2.45) is 11.7 Å². The van der Waals surface area contributed by atoms with Crippen molar-refractivity contribution >= 4 is 27.3 Å². The first-order valence-corrected chi connectivity index (χ1v) is 6.39. The van der Waals surface area contributed by atoms with Crippen LogP contribution in [0.5, 0.6) is 0 Å². The third-order valence-electron chi connectivity index (χ3n) is 3.05. The van der Waals surface area contributed by atoms with E-state index in [2.05, 4.69) is 34.3 Å². The fourth-order valence-electron chi connectivity index (χ4n) is 2.20. The molecule has 0 spiro atoms.